The summed E-state index contributed by atoms with van der Waals surface area (Å²) in [6.45, 7) is 3.07. The Labute approximate surface area is 107 Å². The standard InChI is InChI=1S/C13H18ClN3/c1-9(3-2-6-16-11-4-5-11)12-7-10(14)8-17-13(12)15/h3,7-8,11,16H,2,4-6H2,1H3,(H2,15,17). The van der Waals surface area contributed by atoms with Crippen LogP contribution in [0.4, 0.5) is 5.82 Å². The van der Waals surface area contributed by atoms with Gasteiger partial charge in [0.1, 0.15) is 5.82 Å². The van der Waals surface area contributed by atoms with E-state index in [-0.39, 0.29) is 0 Å². The lowest BCUT2D eigenvalue weighted by atomic mass is 10.1. The Morgan fingerprint density at radius 1 is 1.65 bits per heavy atom. The molecular weight excluding hydrogens is 234 g/mol. The van der Waals surface area contributed by atoms with Crippen molar-refractivity contribution >= 4 is 23.0 Å². The number of nitrogens with zero attached hydrogens (tertiary/aromatic N) is 1. The van der Waals surface area contributed by atoms with Crippen LogP contribution in [0.15, 0.2) is 18.3 Å². The first-order valence-electron chi connectivity index (χ1n) is 5.98. The van der Waals surface area contributed by atoms with Crippen molar-refractivity contribution < 1.29 is 0 Å². The van der Waals surface area contributed by atoms with Gasteiger partial charge in [0, 0.05) is 17.8 Å². The summed E-state index contributed by atoms with van der Waals surface area (Å²) in [7, 11) is 0. The predicted molar refractivity (Wildman–Crippen MR) is 73.0 cm³/mol. The molecule has 1 aromatic heterocycles. The highest BCUT2D eigenvalue weighted by atomic mass is 35.5. The third-order valence-electron chi connectivity index (χ3n) is 2.92. The molecule has 0 atom stereocenters. The third kappa shape index (κ3) is 3.72. The lowest BCUT2D eigenvalue weighted by Crippen LogP contribution is -2.16. The van der Waals surface area contributed by atoms with Crippen LogP contribution < -0.4 is 11.1 Å². The zero-order chi connectivity index (χ0) is 12.3. The van der Waals surface area contributed by atoms with E-state index in [0.29, 0.717) is 10.8 Å². The molecule has 17 heavy (non-hydrogen) atoms. The summed E-state index contributed by atoms with van der Waals surface area (Å²) in [5, 5.41) is 4.10. The number of pyridine rings is 1. The quantitative estimate of drug-likeness (QED) is 0.792. The van der Waals surface area contributed by atoms with E-state index in [1.165, 1.54) is 12.8 Å². The van der Waals surface area contributed by atoms with Crippen molar-refractivity contribution in [3.63, 3.8) is 0 Å². The van der Waals surface area contributed by atoms with E-state index in [1.54, 1.807) is 6.20 Å². The number of nitrogens with two attached hydrogens (primary N) is 1. The van der Waals surface area contributed by atoms with Gasteiger partial charge in [0.2, 0.25) is 0 Å². The molecule has 3 N–H and O–H groups in total. The van der Waals surface area contributed by atoms with Gasteiger partial charge in [-0.2, -0.15) is 0 Å². The van der Waals surface area contributed by atoms with Gasteiger partial charge in [0.05, 0.1) is 5.02 Å². The van der Waals surface area contributed by atoms with E-state index in [1.807, 2.05) is 13.0 Å². The van der Waals surface area contributed by atoms with E-state index in [9.17, 15) is 0 Å². The van der Waals surface area contributed by atoms with E-state index in [4.69, 9.17) is 17.3 Å². The van der Waals surface area contributed by atoms with Gasteiger partial charge in [-0.3, -0.25) is 0 Å². The van der Waals surface area contributed by atoms with Crippen molar-refractivity contribution in [1.29, 1.82) is 0 Å². The smallest absolute Gasteiger partial charge is 0.130 e. The molecule has 1 aliphatic rings. The molecule has 0 spiro atoms. The molecule has 1 fully saturated rings. The number of halogens is 1. The number of hydrogen-bond acceptors (Lipinski definition) is 3. The molecule has 3 nitrogen and oxygen atoms in total. The second-order valence-electron chi connectivity index (χ2n) is 4.49. The molecule has 0 amide bonds. The minimum absolute atomic E-state index is 0.540. The highest BCUT2D eigenvalue weighted by Crippen LogP contribution is 2.23. The molecule has 92 valence electrons. The van der Waals surface area contributed by atoms with Gasteiger partial charge in [-0.25, -0.2) is 4.98 Å². The van der Waals surface area contributed by atoms with Crippen molar-refractivity contribution in [3.05, 3.63) is 28.9 Å². The van der Waals surface area contributed by atoms with Crippen LogP contribution in [0.3, 0.4) is 0 Å². The summed E-state index contributed by atoms with van der Waals surface area (Å²) in [4.78, 5) is 4.06. The molecule has 4 heteroatoms. The number of nitrogen functional groups attached to an aromatic ring is 1. The molecule has 0 aliphatic heterocycles. The van der Waals surface area contributed by atoms with Crippen molar-refractivity contribution in [2.45, 2.75) is 32.2 Å². The van der Waals surface area contributed by atoms with Gasteiger partial charge in [-0.1, -0.05) is 17.7 Å². The van der Waals surface area contributed by atoms with Gasteiger partial charge in [0.25, 0.3) is 0 Å². The second-order valence-corrected chi connectivity index (χ2v) is 4.93. The van der Waals surface area contributed by atoms with Crippen LogP contribution in [0, 0.1) is 0 Å². The normalized spacial score (nSPS) is 16.2. The summed E-state index contributed by atoms with van der Waals surface area (Å²) in [5.41, 5.74) is 7.90. The SMILES string of the molecule is CC(=CCCNC1CC1)c1cc(Cl)cnc1N. The Hall–Kier alpha value is -1.06. The van der Waals surface area contributed by atoms with E-state index in [2.05, 4.69) is 16.4 Å². The first-order chi connectivity index (χ1) is 8.16. The van der Waals surface area contributed by atoms with Gasteiger partial charge >= 0.3 is 0 Å². The lowest BCUT2D eigenvalue weighted by Gasteiger charge is -2.06. The van der Waals surface area contributed by atoms with E-state index >= 15 is 0 Å². The van der Waals surface area contributed by atoms with Crippen LogP contribution in [-0.4, -0.2) is 17.6 Å². The van der Waals surface area contributed by atoms with Crippen molar-refractivity contribution in [2.75, 3.05) is 12.3 Å². The zero-order valence-electron chi connectivity index (χ0n) is 10.0. The minimum Gasteiger partial charge on any atom is -0.383 e. The highest BCUT2D eigenvalue weighted by molar-refractivity contribution is 6.30. The molecule has 0 unspecified atom stereocenters. The van der Waals surface area contributed by atoms with Crippen LogP contribution in [-0.2, 0) is 0 Å². The van der Waals surface area contributed by atoms with Crippen LogP contribution in [0.25, 0.3) is 5.57 Å². The zero-order valence-corrected chi connectivity index (χ0v) is 10.8. The Kier molecular flexibility index (Phi) is 4.02. The van der Waals surface area contributed by atoms with Gasteiger partial charge in [-0.05, 0) is 44.4 Å². The fourth-order valence-corrected chi connectivity index (χ4v) is 1.90. The van der Waals surface area contributed by atoms with Gasteiger partial charge in [0.15, 0.2) is 0 Å². The average molecular weight is 252 g/mol. The highest BCUT2D eigenvalue weighted by Gasteiger charge is 2.19. The summed E-state index contributed by atoms with van der Waals surface area (Å²) in [5.74, 6) is 0.540. The lowest BCUT2D eigenvalue weighted by molar-refractivity contribution is 0.690. The fraction of sp³-hybridized carbons (Fsp3) is 0.462. The van der Waals surface area contributed by atoms with Crippen LogP contribution >= 0.6 is 11.6 Å². The summed E-state index contributed by atoms with van der Waals surface area (Å²) < 4.78 is 0. The maximum Gasteiger partial charge on any atom is 0.130 e. The number of rotatable bonds is 5. The van der Waals surface area contributed by atoms with Crippen molar-refractivity contribution in [1.82, 2.24) is 10.3 Å². The molecule has 1 saturated carbocycles. The number of anilines is 1. The molecule has 1 heterocycles. The maximum absolute atomic E-state index is 5.91. The number of aromatic nitrogens is 1. The molecular formula is C13H18ClN3. The second kappa shape index (κ2) is 5.52. The summed E-state index contributed by atoms with van der Waals surface area (Å²) in [6.07, 6.45) is 7.41. The first-order valence-corrected chi connectivity index (χ1v) is 6.36. The monoisotopic (exact) mass is 251 g/mol. The average Bonchev–Trinajstić information content (AvgIpc) is 3.11. The maximum atomic E-state index is 5.91. The first kappa shape index (κ1) is 12.4. The van der Waals surface area contributed by atoms with Crippen molar-refractivity contribution in [3.8, 4) is 0 Å². The van der Waals surface area contributed by atoms with Gasteiger partial charge < -0.3 is 11.1 Å². The molecule has 0 aromatic carbocycles. The van der Waals surface area contributed by atoms with Crippen LogP contribution in [0.5, 0.6) is 0 Å². The Morgan fingerprint density at radius 2 is 2.41 bits per heavy atom. The van der Waals surface area contributed by atoms with Crippen LogP contribution in [0.1, 0.15) is 31.7 Å². The molecule has 0 saturated heterocycles. The summed E-state index contributed by atoms with van der Waals surface area (Å²) >= 11 is 5.91. The Bertz CT molecular complexity index is 425. The number of hydrogen-bond donors (Lipinski definition) is 2. The molecule has 0 bridgehead atoms. The van der Waals surface area contributed by atoms with Crippen LogP contribution in [0.2, 0.25) is 5.02 Å². The van der Waals surface area contributed by atoms with Gasteiger partial charge in [-0.15, -0.1) is 0 Å². The molecule has 2 rings (SSSR count). The number of allylic oxidation sites excluding steroid dienone is 1. The number of nitrogens with one attached hydrogen (secondary N) is 1. The predicted octanol–water partition coefficient (Wildman–Crippen LogP) is 2.86. The summed E-state index contributed by atoms with van der Waals surface area (Å²) in [6, 6.07) is 2.63. The largest absolute Gasteiger partial charge is 0.383 e. The molecule has 0 radical (unpaired) electrons. The van der Waals surface area contributed by atoms with E-state index in [0.717, 1.165) is 30.1 Å². The Morgan fingerprint density at radius 3 is 3.12 bits per heavy atom. The fourth-order valence-electron chi connectivity index (χ4n) is 1.74. The third-order valence-corrected chi connectivity index (χ3v) is 3.12. The Balaban J connectivity index is 1.94. The topological polar surface area (TPSA) is 50.9 Å². The van der Waals surface area contributed by atoms with E-state index < -0.39 is 0 Å². The van der Waals surface area contributed by atoms with Crippen molar-refractivity contribution in [2.24, 2.45) is 0 Å². The minimum atomic E-state index is 0.540. The molecule has 1 aromatic rings. The molecule has 1 aliphatic carbocycles.